The topological polar surface area (TPSA) is 87.5 Å². The molecule has 6 nitrogen and oxygen atoms in total. The molecule has 1 aliphatic heterocycles. The number of benzene rings is 2. The van der Waals surface area contributed by atoms with Crippen LogP contribution in [-0.4, -0.2) is 56.0 Å². The van der Waals surface area contributed by atoms with Gasteiger partial charge in [-0.3, -0.25) is 14.5 Å². The molecule has 0 saturated carbocycles. The predicted molar refractivity (Wildman–Crippen MR) is 107 cm³/mol. The second-order valence-electron chi connectivity index (χ2n) is 6.82. The molecule has 2 aromatic rings. The van der Waals surface area contributed by atoms with E-state index in [2.05, 4.69) is 15.5 Å². The summed E-state index contributed by atoms with van der Waals surface area (Å²) in [5.41, 5.74) is 9.42. The van der Waals surface area contributed by atoms with Crippen LogP contribution in [0.1, 0.15) is 26.3 Å². The quantitative estimate of drug-likeness (QED) is 0.721. The van der Waals surface area contributed by atoms with Gasteiger partial charge in [0.1, 0.15) is 0 Å². The Morgan fingerprint density at radius 3 is 2.41 bits per heavy atom. The maximum Gasteiger partial charge on any atom is 0.251 e. The molecule has 6 heteroatoms. The summed E-state index contributed by atoms with van der Waals surface area (Å²) in [6.07, 6.45) is 0. The first-order chi connectivity index (χ1) is 13.0. The molecule has 2 aromatic carbocycles. The van der Waals surface area contributed by atoms with Crippen molar-refractivity contribution in [1.82, 2.24) is 15.5 Å². The maximum atomic E-state index is 12.3. The predicted octanol–water partition coefficient (Wildman–Crippen LogP) is 1.40. The number of piperazine rings is 1. The Hall–Kier alpha value is -2.70. The maximum absolute atomic E-state index is 12.3. The number of amides is 2. The SMILES string of the molecule is Cc1ccc(C(N)=O)cc1-c1ccc(C(=O)NCCN2CCNCC2)cc1. The molecule has 0 unspecified atom stereocenters. The van der Waals surface area contributed by atoms with Gasteiger partial charge in [0.15, 0.2) is 0 Å². The monoisotopic (exact) mass is 366 g/mol. The Morgan fingerprint density at radius 2 is 1.74 bits per heavy atom. The van der Waals surface area contributed by atoms with Crippen molar-refractivity contribution in [3.8, 4) is 11.1 Å². The van der Waals surface area contributed by atoms with Gasteiger partial charge in [-0.15, -0.1) is 0 Å². The third kappa shape index (κ3) is 4.93. The van der Waals surface area contributed by atoms with Gasteiger partial charge in [-0.25, -0.2) is 0 Å². The molecular weight excluding hydrogens is 340 g/mol. The van der Waals surface area contributed by atoms with Crippen molar-refractivity contribution in [3.05, 3.63) is 59.2 Å². The van der Waals surface area contributed by atoms with Gasteiger partial charge in [0.2, 0.25) is 5.91 Å². The fourth-order valence-corrected chi connectivity index (χ4v) is 3.25. The summed E-state index contributed by atoms with van der Waals surface area (Å²) in [5.74, 6) is -0.518. The summed E-state index contributed by atoms with van der Waals surface area (Å²) in [7, 11) is 0. The van der Waals surface area contributed by atoms with E-state index in [9.17, 15) is 9.59 Å². The number of nitrogens with zero attached hydrogens (tertiary/aromatic N) is 1. The van der Waals surface area contributed by atoms with Gasteiger partial charge in [0, 0.05) is 50.4 Å². The molecule has 1 fully saturated rings. The van der Waals surface area contributed by atoms with Gasteiger partial charge < -0.3 is 16.4 Å². The molecule has 0 aliphatic carbocycles. The number of aryl methyl sites for hydroxylation is 1. The van der Waals surface area contributed by atoms with Gasteiger partial charge in [-0.2, -0.15) is 0 Å². The fraction of sp³-hybridized carbons (Fsp3) is 0.333. The van der Waals surface area contributed by atoms with Gasteiger partial charge in [0.25, 0.3) is 5.91 Å². The van der Waals surface area contributed by atoms with Crippen LogP contribution >= 0.6 is 0 Å². The van der Waals surface area contributed by atoms with Crippen LogP contribution in [0.5, 0.6) is 0 Å². The minimum atomic E-state index is -0.447. The average molecular weight is 366 g/mol. The molecule has 0 atom stereocenters. The first-order valence-electron chi connectivity index (χ1n) is 9.27. The zero-order valence-electron chi connectivity index (χ0n) is 15.6. The van der Waals surface area contributed by atoms with E-state index in [0.29, 0.717) is 17.7 Å². The van der Waals surface area contributed by atoms with E-state index < -0.39 is 5.91 Å². The zero-order chi connectivity index (χ0) is 19.2. The largest absolute Gasteiger partial charge is 0.366 e. The Morgan fingerprint density at radius 1 is 1.07 bits per heavy atom. The van der Waals surface area contributed by atoms with Crippen LogP contribution in [0.4, 0.5) is 0 Å². The van der Waals surface area contributed by atoms with Crippen molar-refractivity contribution >= 4 is 11.8 Å². The molecule has 0 radical (unpaired) electrons. The first-order valence-corrected chi connectivity index (χ1v) is 9.27. The highest BCUT2D eigenvalue weighted by molar-refractivity contribution is 5.96. The first kappa shape index (κ1) is 19.1. The lowest BCUT2D eigenvalue weighted by Gasteiger charge is -2.27. The van der Waals surface area contributed by atoms with Crippen LogP contribution in [0, 0.1) is 6.92 Å². The lowest BCUT2D eigenvalue weighted by Crippen LogP contribution is -2.46. The number of hydrogen-bond acceptors (Lipinski definition) is 4. The summed E-state index contributed by atoms with van der Waals surface area (Å²) in [5, 5.41) is 6.30. The summed E-state index contributed by atoms with van der Waals surface area (Å²) in [6.45, 7) is 7.54. The highest BCUT2D eigenvalue weighted by Crippen LogP contribution is 2.25. The molecular formula is C21H26N4O2. The lowest BCUT2D eigenvalue weighted by atomic mass is 9.97. The molecule has 142 valence electrons. The molecule has 1 saturated heterocycles. The summed E-state index contributed by atoms with van der Waals surface area (Å²) >= 11 is 0. The summed E-state index contributed by atoms with van der Waals surface area (Å²) in [6, 6.07) is 12.8. The van der Waals surface area contributed by atoms with E-state index in [0.717, 1.165) is 49.4 Å². The van der Waals surface area contributed by atoms with E-state index in [1.165, 1.54) is 0 Å². The second-order valence-corrected chi connectivity index (χ2v) is 6.82. The smallest absolute Gasteiger partial charge is 0.251 e. The standard InChI is InChI=1S/C21H26N4O2/c1-15-2-3-18(20(22)26)14-19(15)16-4-6-17(7-5-16)21(27)24-10-13-25-11-8-23-9-12-25/h2-7,14,23H,8-13H2,1H3,(H2,22,26)(H,24,27). The van der Waals surface area contributed by atoms with Crippen LogP contribution in [0.25, 0.3) is 11.1 Å². The van der Waals surface area contributed by atoms with Crippen LogP contribution < -0.4 is 16.4 Å². The van der Waals surface area contributed by atoms with Crippen LogP contribution in [0.3, 0.4) is 0 Å². The van der Waals surface area contributed by atoms with Crippen molar-refractivity contribution in [2.45, 2.75) is 6.92 Å². The summed E-state index contributed by atoms with van der Waals surface area (Å²) in [4.78, 5) is 26.1. The van der Waals surface area contributed by atoms with E-state index in [-0.39, 0.29) is 5.91 Å². The van der Waals surface area contributed by atoms with Gasteiger partial charge in [0.05, 0.1) is 0 Å². The van der Waals surface area contributed by atoms with Gasteiger partial charge in [-0.05, 0) is 47.9 Å². The minimum absolute atomic E-state index is 0.0701. The number of nitrogens with two attached hydrogens (primary N) is 1. The van der Waals surface area contributed by atoms with E-state index in [1.54, 1.807) is 12.1 Å². The summed E-state index contributed by atoms with van der Waals surface area (Å²) < 4.78 is 0. The lowest BCUT2D eigenvalue weighted by molar-refractivity contribution is 0.0946. The highest BCUT2D eigenvalue weighted by Gasteiger charge is 2.11. The van der Waals surface area contributed by atoms with Crippen LogP contribution in [0.15, 0.2) is 42.5 Å². The number of carbonyl (C=O) groups excluding carboxylic acids is 2. The van der Waals surface area contributed by atoms with Crippen molar-refractivity contribution in [1.29, 1.82) is 0 Å². The number of rotatable bonds is 6. The molecule has 0 spiro atoms. The zero-order valence-corrected chi connectivity index (χ0v) is 15.6. The number of primary amides is 1. The molecule has 2 amide bonds. The number of carbonyl (C=O) groups is 2. The fourth-order valence-electron chi connectivity index (χ4n) is 3.25. The second kappa shape index (κ2) is 8.79. The molecule has 27 heavy (non-hydrogen) atoms. The van der Waals surface area contributed by atoms with Crippen molar-refractivity contribution < 1.29 is 9.59 Å². The Kier molecular flexibility index (Phi) is 6.21. The molecule has 3 rings (SSSR count). The Labute approximate surface area is 159 Å². The molecule has 0 bridgehead atoms. The number of hydrogen-bond donors (Lipinski definition) is 3. The average Bonchev–Trinajstić information content (AvgIpc) is 2.69. The molecule has 0 aromatic heterocycles. The van der Waals surface area contributed by atoms with Crippen molar-refractivity contribution in [2.75, 3.05) is 39.3 Å². The van der Waals surface area contributed by atoms with Gasteiger partial charge >= 0.3 is 0 Å². The molecule has 4 N–H and O–H groups in total. The minimum Gasteiger partial charge on any atom is -0.366 e. The van der Waals surface area contributed by atoms with Crippen molar-refractivity contribution in [3.63, 3.8) is 0 Å². The van der Waals surface area contributed by atoms with Crippen LogP contribution in [-0.2, 0) is 0 Å². The van der Waals surface area contributed by atoms with Gasteiger partial charge in [-0.1, -0.05) is 18.2 Å². The van der Waals surface area contributed by atoms with Crippen LogP contribution in [0.2, 0.25) is 0 Å². The normalized spacial score (nSPS) is 14.7. The van der Waals surface area contributed by atoms with E-state index in [1.807, 2.05) is 37.3 Å². The third-order valence-corrected chi connectivity index (χ3v) is 4.90. The Balaban J connectivity index is 1.62. The van der Waals surface area contributed by atoms with Crippen molar-refractivity contribution in [2.24, 2.45) is 5.73 Å². The molecule has 1 aliphatic rings. The Bertz CT molecular complexity index is 811. The highest BCUT2D eigenvalue weighted by atomic mass is 16.2. The van der Waals surface area contributed by atoms with E-state index in [4.69, 9.17) is 5.73 Å². The van der Waals surface area contributed by atoms with E-state index >= 15 is 0 Å². The number of nitrogens with one attached hydrogen (secondary N) is 2. The third-order valence-electron chi connectivity index (χ3n) is 4.90. The molecule has 1 heterocycles.